The number of benzene rings is 1. The van der Waals surface area contributed by atoms with Crippen LogP contribution in [0.3, 0.4) is 0 Å². The molecule has 8 nitrogen and oxygen atoms in total. The largest absolute Gasteiger partial charge is 0.463 e. The zero-order chi connectivity index (χ0) is 24.8. The Balaban J connectivity index is 2.04. The predicted octanol–water partition coefficient (Wildman–Crippen LogP) is 3.01. The third-order valence-corrected chi connectivity index (χ3v) is 6.45. The molecule has 0 spiro atoms. The first-order chi connectivity index (χ1) is 16.3. The Bertz CT molecular complexity index is 973. The van der Waals surface area contributed by atoms with Gasteiger partial charge in [0.1, 0.15) is 0 Å². The molecule has 0 radical (unpaired) electrons. The summed E-state index contributed by atoms with van der Waals surface area (Å²) in [5.41, 5.74) is 2.91. The number of piperazine rings is 1. The van der Waals surface area contributed by atoms with Gasteiger partial charge in [-0.15, -0.1) is 6.58 Å². The van der Waals surface area contributed by atoms with Gasteiger partial charge in [0, 0.05) is 50.9 Å². The third-order valence-electron chi connectivity index (χ3n) is 6.45. The molecule has 3 rings (SSSR count). The Morgan fingerprint density at radius 3 is 2.59 bits per heavy atom. The van der Waals surface area contributed by atoms with Gasteiger partial charge in [0.05, 0.1) is 18.2 Å². The number of amides is 3. The van der Waals surface area contributed by atoms with Gasteiger partial charge in [0.15, 0.2) is 0 Å². The van der Waals surface area contributed by atoms with Crippen molar-refractivity contribution < 1.29 is 19.1 Å². The van der Waals surface area contributed by atoms with Crippen LogP contribution in [0, 0.1) is 6.92 Å². The van der Waals surface area contributed by atoms with Crippen LogP contribution in [0.15, 0.2) is 48.2 Å². The van der Waals surface area contributed by atoms with Gasteiger partial charge in [-0.2, -0.15) is 0 Å². The molecule has 34 heavy (non-hydrogen) atoms. The highest BCUT2D eigenvalue weighted by Gasteiger charge is 2.39. The maximum Gasteiger partial charge on any atom is 0.338 e. The van der Waals surface area contributed by atoms with E-state index in [0.29, 0.717) is 43.9 Å². The van der Waals surface area contributed by atoms with Crippen molar-refractivity contribution in [3.8, 4) is 0 Å². The van der Waals surface area contributed by atoms with Gasteiger partial charge in [-0.1, -0.05) is 37.3 Å². The SMILES string of the molecule is C=CCN1C(=O)NC(c2ccccc2C)C(C(=O)OCC)=C1CN1CCN(C(=O)CC)C(C)C1. The molecule has 3 amide bonds. The fourth-order valence-electron chi connectivity index (χ4n) is 4.75. The van der Waals surface area contributed by atoms with E-state index in [1.807, 2.05) is 49.9 Å². The molecule has 0 aliphatic carbocycles. The van der Waals surface area contributed by atoms with Crippen LogP contribution in [-0.2, 0) is 14.3 Å². The van der Waals surface area contributed by atoms with Gasteiger partial charge in [-0.25, -0.2) is 9.59 Å². The lowest BCUT2D eigenvalue weighted by Crippen LogP contribution is -2.56. The second kappa shape index (κ2) is 11.3. The van der Waals surface area contributed by atoms with Crippen LogP contribution in [-0.4, -0.2) is 78.0 Å². The normalized spacial score (nSPS) is 21.4. The third kappa shape index (κ3) is 5.33. The molecule has 2 atom stereocenters. The van der Waals surface area contributed by atoms with E-state index in [0.717, 1.165) is 11.1 Å². The summed E-state index contributed by atoms with van der Waals surface area (Å²) in [4.78, 5) is 44.4. The first kappa shape index (κ1) is 25.5. The topological polar surface area (TPSA) is 82.2 Å². The van der Waals surface area contributed by atoms with E-state index in [4.69, 9.17) is 4.74 Å². The number of carbonyl (C=O) groups excluding carboxylic acids is 3. The molecule has 1 aromatic rings. The first-order valence-corrected chi connectivity index (χ1v) is 12.0. The Labute approximate surface area is 202 Å². The van der Waals surface area contributed by atoms with Crippen molar-refractivity contribution in [3.05, 3.63) is 59.3 Å². The van der Waals surface area contributed by atoms with Gasteiger partial charge in [-0.05, 0) is 31.9 Å². The van der Waals surface area contributed by atoms with E-state index in [-0.39, 0.29) is 31.1 Å². The number of esters is 1. The number of hydrogen-bond donors (Lipinski definition) is 1. The minimum absolute atomic E-state index is 0.0466. The molecule has 184 valence electrons. The van der Waals surface area contributed by atoms with Crippen LogP contribution in [0.1, 0.15) is 44.4 Å². The second-order valence-electron chi connectivity index (χ2n) is 8.74. The van der Waals surface area contributed by atoms with E-state index in [2.05, 4.69) is 16.8 Å². The zero-order valence-corrected chi connectivity index (χ0v) is 20.7. The lowest BCUT2D eigenvalue weighted by atomic mass is 9.91. The highest BCUT2D eigenvalue weighted by molar-refractivity contribution is 5.95. The molecule has 1 fully saturated rings. The van der Waals surface area contributed by atoms with Crippen LogP contribution < -0.4 is 5.32 Å². The maximum atomic E-state index is 13.3. The number of ether oxygens (including phenoxy) is 1. The molecule has 1 N–H and O–H groups in total. The van der Waals surface area contributed by atoms with Crippen LogP contribution >= 0.6 is 0 Å². The van der Waals surface area contributed by atoms with Gasteiger partial charge >= 0.3 is 12.0 Å². The molecule has 2 heterocycles. The van der Waals surface area contributed by atoms with E-state index in [1.165, 1.54) is 0 Å². The minimum atomic E-state index is -0.607. The van der Waals surface area contributed by atoms with Crippen LogP contribution in [0.25, 0.3) is 0 Å². The van der Waals surface area contributed by atoms with Crippen molar-refractivity contribution in [2.75, 3.05) is 39.3 Å². The van der Waals surface area contributed by atoms with Crippen molar-refractivity contribution in [2.45, 2.75) is 46.2 Å². The smallest absolute Gasteiger partial charge is 0.338 e. The Kier molecular flexibility index (Phi) is 8.50. The summed E-state index contributed by atoms with van der Waals surface area (Å²) in [6.07, 6.45) is 2.13. The number of carbonyl (C=O) groups is 3. The highest BCUT2D eigenvalue weighted by Crippen LogP contribution is 2.33. The summed E-state index contributed by atoms with van der Waals surface area (Å²) in [5.74, 6) is -0.295. The number of aryl methyl sites for hydroxylation is 1. The van der Waals surface area contributed by atoms with Gasteiger partial charge in [0.25, 0.3) is 0 Å². The molecule has 0 saturated carbocycles. The summed E-state index contributed by atoms with van der Waals surface area (Å²) in [5, 5.41) is 3.01. The van der Waals surface area contributed by atoms with E-state index in [1.54, 1.807) is 17.9 Å². The number of nitrogens with one attached hydrogen (secondary N) is 1. The molecular formula is C26H36N4O4. The predicted molar refractivity (Wildman–Crippen MR) is 131 cm³/mol. The van der Waals surface area contributed by atoms with Crippen LogP contribution in [0.4, 0.5) is 4.79 Å². The summed E-state index contributed by atoms with van der Waals surface area (Å²) >= 11 is 0. The first-order valence-electron chi connectivity index (χ1n) is 12.0. The Morgan fingerprint density at radius 2 is 1.97 bits per heavy atom. The van der Waals surface area contributed by atoms with Crippen molar-refractivity contribution >= 4 is 17.9 Å². The summed E-state index contributed by atoms with van der Waals surface area (Å²) < 4.78 is 5.47. The molecule has 0 aromatic heterocycles. The van der Waals surface area contributed by atoms with Crippen molar-refractivity contribution in [3.63, 3.8) is 0 Å². The van der Waals surface area contributed by atoms with Crippen molar-refractivity contribution in [1.29, 1.82) is 0 Å². The highest BCUT2D eigenvalue weighted by atomic mass is 16.5. The van der Waals surface area contributed by atoms with Gasteiger partial charge in [0.2, 0.25) is 5.91 Å². The summed E-state index contributed by atoms with van der Waals surface area (Å²) in [6, 6.07) is 6.89. The van der Waals surface area contributed by atoms with E-state index < -0.39 is 12.0 Å². The summed E-state index contributed by atoms with van der Waals surface area (Å²) in [6.45, 7) is 14.3. The molecule has 2 unspecified atom stereocenters. The summed E-state index contributed by atoms with van der Waals surface area (Å²) in [7, 11) is 0. The molecule has 8 heteroatoms. The van der Waals surface area contributed by atoms with Crippen LogP contribution in [0.2, 0.25) is 0 Å². The maximum absolute atomic E-state index is 13.3. The number of rotatable bonds is 8. The molecular weight excluding hydrogens is 432 g/mol. The monoisotopic (exact) mass is 468 g/mol. The fraction of sp³-hybridized carbons (Fsp3) is 0.500. The van der Waals surface area contributed by atoms with Crippen molar-refractivity contribution in [2.24, 2.45) is 0 Å². The molecule has 0 bridgehead atoms. The lowest BCUT2D eigenvalue weighted by Gasteiger charge is -2.43. The standard InChI is InChI=1S/C26H36N4O4/c1-6-13-30-21(17-28-14-15-29(19(5)16-28)22(31)7-2)23(25(32)34-8-3)24(27-26(30)33)20-12-10-9-11-18(20)4/h6,9-12,19,24H,1,7-8,13-17H2,2-5H3,(H,27,33). The second-order valence-corrected chi connectivity index (χ2v) is 8.74. The minimum Gasteiger partial charge on any atom is -0.463 e. The average Bonchev–Trinajstić information content (AvgIpc) is 2.81. The Hall–Kier alpha value is -3.13. The van der Waals surface area contributed by atoms with Gasteiger partial charge < -0.3 is 15.0 Å². The molecule has 1 saturated heterocycles. The average molecular weight is 469 g/mol. The van der Waals surface area contributed by atoms with E-state index in [9.17, 15) is 14.4 Å². The molecule has 1 aromatic carbocycles. The fourth-order valence-corrected chi connectivity index (χ4v) is 4.75. The number of nitrogens with zero attached hydrogens (tertiary/aromatic N) is 3. The zero-order valence-electron chi connectivity index (χ0n) is 20.7. The van der Waals surface area contributed by atoms with Crippen LogP contribution in [0.5, 0.6) is 0 Å². The molecule has 2 aliphatic rings. The number of urea groups is 1. The lowest BCUT2D eigenvalue weighted by molar-refractivity contribution is -0.139. The molecule has 2 aliphatic heterocycles. The number of hydrogen-bond acceptors (Lipinski definition) is 5. The quantitative estimate of drug-likeness (QED) is 0.469. The Morgan fingerprint density at radius 1 is 1.24 bits per heavy atom. The van der Waals surface area contributed by atoms with Gasteiger partial charge in [-0.3, -0.25) is 14.6 Å². The van der Waals surface area contributed by atoms with Crippen molar-refractivity contribution in [1.82, 2.24) is 20.0 Å². The van der Waals surface area contributed by atoms with E-state index >= 15 is 0 Å².